The van der Waals surface area contributed by atoms with Gasteiger partial charge < -0.3 is 19.9 Å². The molecule has 8 nitrogen and oxygen atoms in total. The summed E-state index contributed by atoms with van der Waals surface area (Å²) in [4.78, 5) is 37.1. The second-order valence-electron chi connectivity index (χ2n) is 8.65. The number of carboxylic acids is 1. The van der Waals surface area contributed by atoms with Gasteiger partial charge in [0.2, 0.25) is 0 Å². The van der Waals surface area contributed by atoms with E-state index in [-0.39, 0.29) is 19.1 Å². The van der Waals surface area contributed by atoms with E-state index >= 15 is 0 Å². The fourth-order valence-corrected chi connectivity index (χ4v) is 3.71. The Bertz CT molecular complexity index is 968. The Balaban J connectivity index is 1.64. The van der Waals surface area contributed by atoms with E-state index in [1.54, 1.807) is 20.8 Å². The number of nitrogens with one attached hydrogen (secondary N) is 1. The Morgan fingerprint density at radius 2 is 1.56 bits per heavy atom. The topological polar surface area (TPSA) is 105 Å². The first kappa shape index (κ1) is 23.1. The first-order chi connectivity index (χ1) is 15.1. The fourth-order valence-electron chi connectivity index (χ4n) is 3.71. The summed E-state index contributed by atoms with van der Waals surface area (Å²) in [6, 6.07) is 14.6. The maximum absolute atomic E-state index is 12.6. The molecule has 0 spiro atoms. The normalized spacial score (nSPS) is 13.5. The molecule has 1 aliphatic carbocycles. The Morgan fingerprint density at radius 1 is 1.03 bits per heavy atom. The van der Waals surface area contributed by atoms with Crippen LogP contribution in [0.3, 0.4) is 0 Å². The lowest BCUT2D eigenvalue weighted by Crippen LogP contribution is -2.50. The smallest absolute Gasteiger partial charge is 0.410 e. The van der Waals surface area contributed by atoms with E-state index in [0.29, 0.717) is 0 Å². The first-order valence-corrected chi connectivity index (χ1v) is 10.4. The number of likely N-dealkylation sites (N-methyl/N-ethyl adjacent to an activating group) is 1. The molecule has 3 rings (SSSR count). The van der Waals surface area contributed by atoms with Gasteiger partial charge in [-0.05, 0) is 43.0 Å². The van der Waals surface area contributed by atoms with E-state index in [2.05, 4.69) is 5.32 Å². The molecular weight excluding hydrogens is 412 g/mol. The van der Waals surface area contributed by atoms with Gasteiger partial charge in [0, 0.05) is 13.0 Å². The van der Waals surface area contributed by atoms with Crippen LogP contribution in [0.2, 0.25) is 0 Å². The van der Waals surface area contributed by atoms with Crippen LogP contribution in [0.25, 0.3) is 11.1 Å². The molecule has 2 amide bonds. The minimum absolute atomic E-state index is 0.0725. The molecule has 0 fully saturated rings. The summed E-state index contributed by atoms with van der Waals surface area (Å²) in [5.41, 5.74) is 3.60. The van der Waals surface area contributed by atoms with Crippen molar-refractivity contribution in [3.63, 3.8) is 0 Å². The number of amides is 2. The number of carboxylic acid groups (broad SMARTS) is 1. The quantitative estimate of drug-likeness (QED) is 0.707. The van der Waals surface area contributed by atoms with Gasteiger partial charge in [-0.25, -0.2) is 14.4 Å². The van der Waals surface area contributed by atoms with Crippen molar-refractivity contribution >= 4 is 18.2 Å². The second-order valence-corrected chi connectivity index (χ2v) is 8.65. The van der Waals surface area contributed by atoms with Gasteiger partial charge in [-0.1, -0.05) is 48.5 Å². The average molecular weight is 440 g/mol. The molecular formula is C24H28N2O6. The van der Waals surface area contributed by atoms with Crippen LogP contribution in [0.5, 0.6) is 0 Å². The van der Waals surface area contributed by atoms with Crippen LogP contribution in [0, 0.1) is 0 Å². The molecule has 0 heterocycles. The second kappa shape index (κ2) is 9.30. The summed E-state index contributed by atoms with van der Waals surface area (Å²) in [6.45, 7) is 4.85. The third-order valence-corrected chi connectivity index (χ3v) is 5.22. The number of carbonyl (C=O) groups excluding carboxylic acids is 2. The molecule has 1 atom stereocenters. The van der Waals surface area contributed by atoms with Gasteiger partial charge in [0.1, 0.15) is 18.2 Å². The van der Waals surface area contributed by atoms with Gasteiger partial charge >= 0.3 is 18.2 Å². The van der Waals surface area contributed by atoms with Crippen LogP contribution in [0.1, 0.15) is 37.8 Å². The van der Waals surface area contributed by atoms with Crippen molar-refractivity contribution in [3.8, 4) is 11.1 Å². The SMILES string of the molecule is CN(C(=O)OCC1c2ccccc2-c2ccccc21)[C@@H](CNC(=O)OC(C)(C)C)C(=O)O. The lowest BCUT2D eigenvalue weighted by Gasteiger charge is -2.26. The molecule has 0 saturated carbocycles. The Hall–Kier alpha value is -3.55. The molecule has 0 aromatic heterocycles. The first-order valence-electron chi connectivity index (χ1n) is 10.4. The number of nitrogens with zero attached hydrogens (tertiary/aromatic N) is 1. The van der Waals surface area contributed by atoms with Gasteiger partial charge in [0.15, 0.2) is 0 Å². The highest BCUT2D eigenvalue weighted by Crippen LogP contribution is 2.44. The van der Waals surface area contributed by atoms with E-state index in [0.717, 1.165) is 27.2 Å². The molecule has 0 radical (unpaired) electrons. The van der Waals surface area contributed by atoms with Gasteiger partial charge in [0.25, 0.3) is 0 Å². The van der Waals surface area contributed by atoms with Crippen LogP contribution in [-0.4, -0.2) is 60.0 Å². The maximum atomic E-state index is 12.6. The van der Waals surface area contributed by atoms with Crippen molar-refractivity contribution in [2.45, 2.75) is 38.3 Å². The molecule has 8 heteroatoms. The van der Waals surface area contributed by atoms with Crippen molar-refractivity contribution in [3.05, 3.63) is 59.7 Å². The van der Waals surface area contributed by atoms with Gasteiger partial charge in [-0.15, -0.1) is 0 Å². The van der Waals surface area contributed by atoms with Crippen molar-refractivity contribution in [2.24, 2.45) is 0 Å². The summed E-state index contributed by atoms with van der Waals surface area (Å²) < 4.78 is 10.6. The van der Waals surface area contributed by atoms with Crippen LogP contribution in [0.15, 0.2) is 48.5 Å². The maximum Gasteiger partial charge on any atom is 0.410 e. The largest absolute Gasteiger partial charge is 0.480 e. The number of alkyl carbamates (subject to hydrolysis) is 1. The van der Waals surface area contributed by atoms with E-state index in [1.165, 1.54) is 7.05 Å². The van der Waals surface area contributed by atoms with E-state index < -0.39 is 29.8 Å². The Labute approximate surface area is 187 Å². The lowest BCUT2D eigenvalue weighted by molar-refractivity contribution is -0.142. The van der Waals surface area contributed by atoms with E-state index in [9.17, 15) is 19.5 Å². The van der Waals surface area contributed by atoms with Crippen LogP contribution < -0.4 is 5.32 Å². The molecule has 0 saturated heterocycles. The summed E-state index contributed by atoms with van der Waals surface area (Å²) in [5, 5.41) is 11.9. The minimum atomic E-state index is -1.31. The highest BCUT2D eigenvalue weighted by molar-refractivity contribution is 5.81. The van der Waals surface area contributed by atoms with E-state index in [1.807, 2.05) is 48.5 Å². The fraction of sp³-hybridized carbons (Fsp3) is 0.375. The van der Waals surface area contributed by atoms with Crippen molar-refractivity contribution < 1.29 is 29.0 Å². The van der Waals surface area contributed by atoms with Gasteiger partial charge in [-0.2, -0.15) is 0 Å². The number of hydrogen-bond donors (Lipinski definition) is 2. The molecule has 32 heavy (non-hydrogen) atoms. The third kappa shape index (κ3) is 5.19. The molecule has 2 aromatic rings. The zero-order valence-electron chi connectivity index (χ0n) is 18.6. The highest BCUT2D eigenvalue weighted by atomic mass is 16.6. The van der Waals surface area contributed by atoms with Gasteiger partial charge in [-0.3, -0.25) is 4.90 Å². The summed E-state index contributed by atoms with van der Waals surface area (Å²) >= 11 is 0. The molecule has 2 aromatic carbocycles. The predicted octanol–water partition coefficient (Wildman–Crippen LogP) is 3.85. The number of ether oxygens (including phenoxy) is 2. The average Bonchev–Trinajstić information content (AvgIpc) is 3.04. The molecule has 1 aliphatic rings. The molecule has 0 aliphatic heterocycles. The van der Waals surface area contributed by atoms with Crippen molar-refractivity contribution in [1.82, 2.24) is 10.2 Å². The predicted molar refractivity (Wildman–Crippen MR) is 118 cm³/mol. The van der Waals surface area contributed by atoms with Crippen LogP contribution in [0.4, 0.5) is 9.59 Å². The van der Waals surface area contributed by atoms with E-state index in [4.69, 9.17) is 9.47 Å². The number of aliphatic carboxylic acids is 1. The zero-order chi connectivity index (χ0) is 23.5. The van der Waals surface area contributed by atoms with Crippen molar-refractivity contribution in [2.75, 3.05) is 20.2 Å². The Kier molecular flexibility index (Phi) is 6.72. The lowest BCUT2D eigenvalue weighted by atomic mass is 9.98. The molecule has 0 unspecified atom stereocenters. The molecule has 170 valence electrons. The Morgan fingerprint density at radius 3 is 2.06 bits per heavy atom. The highest BCUT2D eigenvalue weighted by Gasteiger charge is 2.32. The number of carbonyl (C=O) groups is 3. The number of rotatable bonds is 6. The van der Waals surface area contributed by atoms with Gasteiger partial charge in [0.05, 0.1) is 6.54 Å². The third-order valence-electron chi connectivity index (χ3n) is 5.22. The zero-order valence-corrected chi connectivity index (χ0v) is 18.6. The molecule has 2 N–H and O–H groups in total. The van der Waals surface area contributed by atoms with Crippen LogP contribution >= 0.6 is 0 Å². The number of fused-ring (bicyclic) bond motifs is 3. The minimum Gasteiger partial charge on any atom is -0.480 e. The molecule has 0 bridgehead atoms. The van der Waals surface area contributed by atoms with Crippen LogP contribution in [-0.2, 0) is 14.3 Å². The summed E-state index contributed by atoms with van der Waals surface area (Å²) in [7, 11) is 1.33. The monoisotopic (exact) mass is 440 g/mol. The van der Waals surface area contributed by atoms with Crippen molar-refractivity contribution in [1.29, 1.82) is 0 Å². The summed E-state index contributed by atoms with van der Waals surface area (Å²) in [6.07, 6.45) is -1.55. The number of benzene rings is 2. The standard InChI is InChI=1S/C24H28N2O6/c1-24(2,3)32-22(29)25-13-20(21(27)28)26(4)23(30)31-14-19-17-11-7-5-9-15(17)16-10-6-8-12-18(16)19/h5-12,19-20H,13-14H2,1-4H3,(H,25,29)(H,27,28)/t20-/m0/s1. The summed E-state index contributed by atoms with van der Waals surface area (Å²) in [5.74, 6) is -1.40. The number of hydrogen-bond acceptors (Lipinski definition) is 5.